The van der Waals surface area contributed by atoms with Crippen LogP contribution in [0.5, 0.6) is 11.5 Å². The standard InChI is InChI=1S/C19H21N3O3/c1-12-21-15-9-13(5-7-16(15)22(12)2)11-20-19(23)14-6-8-17(24-3)18(10-14)25-4/h5-10H,11H2,1-4H3,(H,20,23). The number of imidazole rings is 1. The zero-order valence-electron chi connectivity index (χ0n) is 14.8. The van der Waals surface area contributed by atoms with Crippen LogP contribution in [0, 0.1) is 6.92 Å². The Bertz CT molecular complexity index is 931. The summed E-state index contributed by atoms with van der Waals surface area (Å²) in [5.74, 6) is 1.91. The molecule has 0 aliphatic heterocycles. The topological polar surface area (TPSA) is 65.4 Å². The molecule has 3 rings (SSSR count). The SMILES string of the molecule is COc1ccc(C(=O)NCc2ccc3c(c2)nc(C)n3C)cc1OC. The third kappa shape index (κ3) is 3.28. The van der Waals surface area contributed by atoms with Crippen LogP contribution in [0.3, 0.4) is 0 Å². The van der Waals surface area contributed by atoms with Gasteiger partial charge in [-0.3, -0.25) is 4.79 Å². The van der Waals surface area contributed by atoms with Gasteiger partial charge in [-0.1, -0.05) is 6.07 Å². The molecule has 0 unspecified atom stereocenters. The van der Waals surface area contributed by atoms with Crippen molar-refractivity contribution in [3.05, 3.63) is 53.3 Å². The van der Waals surface area contributed by atoms with Crippen molar-refractivity contribution in [2.45, 2.75) is 13.5 Å². The molecule has 0 aliphatic carbocycles. The molecule has 0 radical (unpaired) electrons. The highest BCUT2D eigenvalue weighted by molar-refractivity contribution is 5.94. The van der Waals surface area contributed by atoms with Crippen LogP contribution in [0.1, 0.15) is 21.7 Å². The quantitative estimate of drug-likeness (QED) is 0.776. The van der Waals surface area contributed by atoms with Crippen molar-refractivity contribution >= 4 is 16.9 Å². The lowest BCUT2D eigenvalue weighted by molar-refractivity contribution is 0.0950. The van der Waals surface area contributed by atoms with Gasteiger partial charge in [0, 0.05) is 19.2 Å². The van der Waals surface area contributed by atoms with E-state index in [9.17, 15) is 4.79 Å². The number of ether oxygens (including phenoxy) is 2. The number of amides is 1. The van der Waals surface area contributed by atoms with Crippen LogP contribution in [0.4, 0.5) is 0 Å². The Balaban J connectivity index is 1.74. The summed E-state index contributed by atoms with van der Waals surface area (Å²) in [6.07, 6.45) is 0. The lowest BCUT2D eigenvalue weighted by Gasteiger charge is -2.10. The van der Waals surface area contributed by atoms with E-state index in [-0.39, 0.29) is 5.91 Å². The van der Waals surface area contributed by atoms with E-state index < -0.39 is 0 Å². The van der Waals surface area contributed by atoms with Gasteiger partial charge in [-0.05, 0) is 42.8 Å². The molecule has 6 heteroatoms. The second kappa shape index (κ2) is 6.84. The zero-order valence-corrected chi connectivity index (χ0v) is 14.8. The number of methoxy groups -OCH3 is 2. The minimum atomic E-state index is -0.168. The first-order valence-electron chi connectivity index (χ1n) is 7.95. The number of aryl methyl sites for hydroxylation is 2. The fourth-order valence-corrected chi connectivity index (χ4v) is 2.74. The molecule has 130 valence electrons. The Morgan fingerprint density at radius 1 is 1.12 bits per heavy atom. The molecule has 1 amide bonds. The molecule has 25 heavy (non-hydrogen) atoms. The van der Waals surface area contributed by atoms with Crippen molar-refractivity contribution in [1.29, 1.82) is 0 Å². The van der Waals surface area contributed by atoms with Crippen molar-refractivity contribution in [2.75, 3.05) is 14.2 Å². The average molecular weight is 339 g/mol. The average Bonchev–Trinajstić information content (AvgIpc) is 2.92. The number of nitrogens with zero attached hydrogens (tertiary/aromatic N) is 2. The number of carbonyl (C=O) groups excluding carboxylic acids is 1. The molecule has 0 aliphatic rings. The minimum Gasteiger partial charge on any atom is -0.493 e. The first kappa shape index (κ1) is 16.8. The van der Waals surface area contributed by atoms with Crippen molar-refractivity contribution < 1.29 is 14.3 Å². The molecular weight excluding hydrogens is 318 g/mol. The van der Waals surface area contributed by atoms with Crippen LogP contribution in [-0.4, -0.2) is 29.7 Å². The third-order valence-corrected chi connectivity index (χ3v) is 4.27. The third-order valence-electron chi connectivity index (χ3n) is 4.27. The molecule has 6 nitrogen and oxygen atoms in total. The van der Waals surface area contributed by atoms with E-state index in [1.165, 1.54) is 0 Å². The van der Waals surface area contributed by atoms with Gasteiger partial charge < -0.3 is 19.4 Å². The summed E-state index contributed by atoms with van der Waals surface area (Å²) >= 11 is 0. The molecule has 0 bridgehead atoms. The highest BCUT2D eigenvalue weighted by Crippen LogP contribution is 2.27. The summed E-state index contributed by atoms with van der Waals surface area (Å²) in [5, 5.41) is 2.92. The second-order valence-corrected chi connectivity index (χ2v) is 5.79. The molecule has 0 saturated heterocycles. The van der Waals surface area contributed by atoms with Crippen molar-refractivity contribution in [1.82, 2.24) is 14.9 Å². The molecule has 0 saturated carbocycles. The largest absolute Gasteiger partial charge is 0.493 e. The molecule has 0 fully saturated rings. The fraction of sp³-hybridized carbons (Fsp3) is 0.263. The molecule has 1 aromatic heterocycles. The number of nitrogens with one attached hydrogen (secondary N) is 1. The van der Waals surface area contributed by atoms with Gasteiger partial charge in [-0.15, -0.1) is 0 Å². The van der Waals surface area contributed by atoms with Gasteiger partial charge >= 0.3 is 0 Å². The molecule has 0 spiro atoms. The second-order valence-electron chi connectivity index (χ2n) is 5.79. The first-order chi connectivity index (χ1) is 12.0. The van der Waals surface area contributed by atoms with E-state index in [4.69, 9.17) is 9.47 Å². The number of benzene rings is 2. The van der Waals surface area contributed by atoms with Gasteiger partial charge in [0.2, 0.25) is 0 Å². The Hall–Kier alpha value is -3.02. The minimum absolute atomic E-state index is 0.168. The Kier molecular flexibility index (Phi) is 4.61. The Morgan fingerprint density at radius 3 is 2.60 bits per heavy atom. The first-order valence-corrected chi connectivity index (χ1v) is 7.95. The number of hydrogen-bond donors (Lipinski definition) is 1. The van der Waals surface area contributed by atoms with Crippen LogP contribution in [-0.2, 0) is 13.6 Å². The predicted octanol–water partition coefficient (Wildman–Crippen LogP) is 2.83. The van der Waals surface area contributed by atoms with Gasteiger partial charge in [0.25, 0.3) is 5.91 Å². The monoisotopic (exact) mass is 339 g/mol. The summed E-state index contributed by atoms with van der Waals surface area (Å²) in [4.78, 5) is 16.9. The Morgan fingerprint density at radius 2 is 1.88 bits per heavy atom. The van der Waals surface area contributed by atoms with Crippen LogP contribution >= 0.6 is 0 Å². The molecule has 1 heterocycles. The molecule has 1 N–H and O–H groups in total. The number of carbonyl (C=O) groups is 1. The fourth-order valence-electron chi connectivity index (χ4n) is 2.74. The summed E-state index contributed by atoms with van der Waals surface area (Å²) in [5.41, 5.74) is 3.53. The smallest absolute Gasteiger partial charge is 0.251 e. The maximum absolute atomic E-state index is 12.4. The zero-order chi connectivity index (χ0) is 18.0. The summed E-state index contributed by atoms with van der Waals surface area (Å²) in [6.45, 7) is 2.40. The number of rotatable bonds is 5. The van der Waals surface area contributed by atoms with E-state index in [2.05, 4.69) is 10.3 Å². The molecule has 2 aromatic carbocycles. The summed E-state index contributed by atoms with van der Waals surface area (Å²) < 4.78 is 12.5. The van der Waals surface area contributed by atoms with Crippen LogP contribution < -0.4 is 14.8 Å². The molecule has 0 atom stereocenters. The van der Waals surface area contributed by atoms with E-state index in [0.29, 0.717) is 23.6 Å². The van der Waals surface area contributed by atoms with Gasteiger partial charge in [0.05, 0.1) is 25.3 Å². The highest BCUT2D eigenvalue weighted by Gasteiger charge is 2.11. The van der Waals surface area contributed by atoms with E-state index in [1.807, 2.05) is 36.7 Å². The number of hydrogen-bond acceptors (Lipinski definition) is 4. The van der Waals surface area contributed by atoms with Gasteiger partial charge in [0.15, 0.2) is 11.5 Å². The number of fused-ring (bicyclic) bond motifs is 1. The maximum atomic E-state index is 12.4. The van der Waals surface area contributed by atoms with Crippen molar-refractivity contribution in [3.63, 3.8) is 0 Å². The normalized spacial score (nSPS) is 10.7. The predicted molar refractivity (Wildman–Crippen MR) is 96.2 cm³/mol. The van der Waals surface area contributed by atoms with Crippen LogP contribution in [0.2, 0.25) is 0 Å². The van der Waals surface area contributed by atoms with Crippen LogP contribution in [0.25, 0.3) is 11.0 Å². The van der Waals surface area contributed by atoms with Gasteiger partial charge in [-0.2, -0.15) is 0 Å². The highest BCUT2D eigenvalue weighted by atomic mass is 16.5. The van der Waals surface area contributed by atoms with E-state index in [1.54, 1.807) is 32.4 Å². The Labute approximate surface area is 146 Å². The number of aromatic nitrogens is 2. The van der Waals surface area contributed by atoms with Crippen molar-refractivity contribution in [2.24, 2.45) is 7.05 Å². The molecular formula is C19H21N3O3. The van der Waals surface area contributed by atoms with Gasteiger partial charge in [0.1, 0.15) is 5.82 Å². The summed E-state index contributed by atoms with van der Waals surface area (Å²) in [6, 6.07) is 11.1. The van der Waals surface area contributed by atoms with E-state index in [0.717, 1.165) is 22.4 Å². The lowest BCUT2D eigenvalue weighted by atomic mass is 10.1. The summed E-state index contributed by atoms with van der Waals surface area (Å²) in [7, 11) is 5.10. The van der Waals surface area contributed by atoms with Crippen molar-refractivity contribution in [3.8, 4) is 11.5 Å². The maximum Gasteiger partial charge on any atom is 0.251 e. The van der Waals surface area contributed by atoms with E-state index >= 15 is 0 Å². The van der Waals surface area contributed by atoms with Gasteiger partial charge in [-0.25, -0.2) is 4.98 Å². The lowest BCUT2D eigenvalue weighted by Crippen LogP contribution is -2.22. The van der Waals surface area contributed by atoms with Crippen LogP contribution in [0.15, 0.2) is 36.4 Å². The molecule has 3 aromatic rings.